The zero-order chi connectivity index (χ0) is 8.97. The molecule has 1 aromatic rings. The molecule has 0 atom stereocenters. The fourth-order valence-corrected chi connectivity index (χ4v) is 0.781. The van der Waals surface area contributed by atoms with E-state index in [4.69, 9.17) is 0 Å². The van der Waals surface area contributed by atoms with Crippen molar-refractivity contribution in [3.05, 3.63) is 35.6 Å². The average molecular weight is 169 g/mol. The Hall–Kier alpha value is -1.42. The van der Waals surface area contributed by atoms with Crippen LogP contribution in [0.15, 0.2) is 24.3 Å². The predicted molar refractivity (Wildman–Crippen MR) is 40.9 cm³/mol. The Balaban J connectivity index is 2.81. The first-order valence-electron chi connectivity index (χ1n) is 3.33. The maximum absolute atomic E-state index is 12.5. The number of benzene rings is 1. The molecule has 0 spiro atoms. The fourth-order valence-electron chi connectivity index (χ4n) is 0.781. The van der Waals surface area contributed by atoms with E-state index >= 15 is 0 Å². The van der Waals surface area contributed by atoms with Crippen LogP contribution < -0.4 is 5.48 Å². The van der Waals surface area contributed by atoms with E-state index in [0.29, 0.717) is 0 Å². The van der Waals surface area contributed by atoms with E-state index < -0.39 is 11.7 Å². The van der Waals surface area contributed by atoms with Crippen molar-refractivity contribution in [3.63, 3.8) is 0 Å². The third-order valence-corrected chi connectivity index (χ3v) is 1.28. The van der Waals surface area contributed by atoms with Crippen molar-refractivity contribution in [2.45, 2.75) is 0 Å². The van der Waals surface area contributed by atoms with Gasteiger partial charge in [0, 0.05) is 5.56 Å². The molecule has 0 aliphatic heterocycles. The van der Waals surface area contributed by atoms with Crippen LogP contribution in [-0.2, 0) is 4.84 Å². The van der Waals surface area contributed by atoms with E-state index in [2.05, 4.69) is 10.3 Å². The number of hydroxylamine groups is 1. The van der Waals surface area contributed by atoms with Gasteiger partial charge in [-0.1, -0.05) is 6.07 Å². The minimum atomic E-state index is -0.461. The Morgan fingerprint density at radius 2 is 2.33 bits per heavy atom. The molecule has 12 heavy (non-hydrogen) atoms. The predicted octanol–water partition coefficient (Wildman–Crippen LogP) is 1.12. The first-order chi connectivity index (χ1) is 5.74. The molecule has 0 heterocycles. The molecule has 0 aromatic heterocycles. The van der Waals surface area contributed by atoms with Crippen LogP contribution in [0.1, 0.15) is 10.4 Å². The second kappa shape index (κ2) is 3.82. The average Bonchev–Trinajstić information content (AvgIpc) is 2.05. The number of nitrogens with one attached hydrogen (secondary N) is 1. The lowest BCUT2D eigenvalue weighted by Crippen LogP contribution is -2.21. The van der Waals surface area contributed by atoms with Crippen LogP contribution in [-0.4, -0.2) is 13.0 Å². The van der Waals surface area contributed by atoms with Gasteiger partial charge in [-0.3, -0.25) is 9.63 Å². The van der Waals surface area contributed by atoms with Gasteiger partial charge < -0.3 is 0 Å². The van der Waals surface area contributed by atoms with Gasteiger partial charge in [0.2, 0.25) is 0 Å². The molecule has 1 amide bonds. The highest BCUT2D eigenvalue weighted by atomic mass is 19.1. The number of halogens is 1. The number of hydrogen-bond acceptors (Lipinski definition) is 2. The van der Waals surface area contributed by atoms with Gasteiger partial charge in [-0.2, -0.15) is 0 Å². The van der Waals surface area contributed by atoms with Gasteiger partial charge in [-0.05, 0) is 18.2 Å². The van der Waals surface area contributed by atoms with Crippen molar-refractivity contribution >= 4 is 5.91 Å². The lowest BCUT2D eigenvalue weighted by Gasteiger charge is -2.00. The third-order valence-electron chi connectivity index (χ3n) is 1.28. The monoisotopic (exact) mass is 169 g/mol. The number of amides is 1. The zero-order valence-corrected chi connectivity index (χ0v) is 6.50. The minimum absolute atomic E-state index is 0.233. The number of rotatable bonds is 2. The van der Waals surface area contributed by atoms with Crippen LogP contribution in [0, 0.1) is 5.82 Å². The second-order valence-electron chi connectivity index (χ2n) is 2.15. The highest BCUT2D eigenvalue weighted by Gasteiger charge is 2.04. The summed E-state index contributed by atoms with van der Waals surface area (Å²) in [5.74, 6) is -0.907. The summed E-state index contributed by atoms with van der Waals surface area (Å²) in [6.07, 6.45) is 0. The van der Waals surface area contributed by atoms with Gasteiger partial charge >= 0.3 is 0 Å². The molecule has 3 nitrogen and oxygen atoms in total. The van der Waals surface area contributed by atoms with Crippen molar-refractivity contribution in [1.29, 1.82) is 0 Å². The highest BCUT2D eigenvalue weighted by molar-refractivity contribution is 5.93. The van der Waals surface area contributed by atoms with Gasteiger partial charge in [0.15, 0.2) is 0 Å². The van der Waals surface area contributed by atoms with Crippen molar-refractivity contribution < 1.29 is 14.0 Å². The molecule has 0 aliphatic rings. The molecule has 0 saturated carbocycles. The summed E-state index contributed by atoms with van der Waals surface area (Å²) < 4.78 is 12.5. The Morgan fingerprint density at radius 1 is 1.58 bits per heavy atom. The summed E-state index contributed by atoms with van der Waals surface area (Å²) in [5.41, 5.74) is 2.32. The molecule has 0 unspecified atom stereocenters. The summed E-state index contributed by atoms with van der Waals surface area (Å²) in [6.45, 7) is 0. The van der Waals surface area contributed by atoms with Crippen LogP contribution in [0.2, 0.25) is 0 Å². The number of hydrogen-bond donors (Lipinski definition) is 1. The molecule has 1 rings (SSSR count). The van der Waals surface area contributed by atoms with Gasteiger partial charge in [-0.25, -0.2) is 9.87 Å². The number of carbonyl (C=O) groups excluding carboxylic acids is 1. The molecular weight excluding hydrogens is 161 g/mol. The number of carbonyl (C=O) groups is 1. The standard InChI is InChI=1S/C8H8FNO2/c1-12-10-8(11)6-3-2-4-7(9)5-6/h2-5H,1H3,(H,10,11). The molecule has 0 bridgehead atoms. The molecule has 1 N–H and O–H groups in total. The maximum atomic E-state index is 12.5. The molecular formula is C8H8FNO2. The summed E-state index contributed by atoms with van der Waals surface area (Å²) in [7, 11) is 1.32. The third kappa shape index (κ3) is 2.03. The summed E-state index contributed by atoms with van der Waals surface area (Å²) in [6, 6.07) is 5.36. The van der Waals surface area contributed by atoms with Crippen LogP contribution in [0.25, 0.3) is 0 Å². The Labute approximate surface area is 69.1 Å². The van der Waals surface area contributed by atoms with Gasteiger partial charge in [-0.15, -0.1) is 0 Å². The second-order valence-corrected chi connectivity index (χ2v) is 2.15. The molecule has 0 aliphatic carbocycles. The Morgan fingerprint density at radius 3 is 2.92 bits per heavy atom. The smallest absolute Gasteiger partial charge is 0.274 e. The summed E-state index contributed by atoms with van der Waals surface area (Å²) >= 11 is 0. The minimum Gasteiger partial charge on any atom is -0.277 e. The van der Waals surface area contributed by atoms with Crippen LogP contribution in [0.5, 0.6) is 0 Å². The van der Waals surface area contributed by atoms with E-state index in [1.807, 2.05) is 0 Å². The van der Waals surface area contributed by atoms with E-state index in [1.54, 1.807) is 0 Å². The van der Waals surface area contributed by atoms with Crippen molar-refractivity contribution in [3.8, 4) is 0 Å². The van der Waals surface area contributed by atoms with E-state index in [9.17, 15) is 9.18 Å². The Bertz CT molecular complexity index is 288. The lowest BCUT2D eigenvalue weighted by atomic mass is 10.2. The first-order valence-corrected chi connectivity index (χ1v) is 3.33. The van der Waals surface area contributed by atoms with Crippen molar-refractivity contribution in [1.82, 2.24) is 5.48 Å². The van der Waals surface area contributed by atoms with Crippen LogP contribution >= 0.6 is 0 Å². The first kappa shape index (κ1) is 8.67. The SMILES string of the molecule is CONC(=O)c1cccc(F)c1. The van der Waals surface area contributed by atoms with Crippen LogP contribution in [0.3, 0.4) is 0 Å². The molecule has 64 valence electrons. The molecule has 0 fully saturated rings. The molecule has 0 saturated heterocycles. The molecule has 1 aromatic carbocycles. The molecule has 4 heteroatoms. The summed E-state index contributed by atoms with van der Waals surface area (Å²) in [5, 5.41) is 0. The van der Waals surface area contributed by atoms with Gasteiger partial charge in [0.25, 0.3) is 5.91 Å². The summed E-state index contributed by atoms with van der Waals surface area (Å²) in [4.78, 5) is 15.4. The maximum Gasteiger partial charge on any atom is 0.274 e. The highest BCUT2D eigenvalue weighted by Crippen LogP contribution is 2.02. The van der Waals surface area contributed by atoms with Crippen molar-refractivity contribution in [2.75, 3.05) is 7.11 Å². The van der Waals surface area contributed by atoms with Crippen molar-refractivity contribution in [2.24, 2.45) is 0 Å². The van der Waals surface area contributed by atoms with E-state index in [0.717, 1.165) is 6.07 Å². The topological polar surface area (TPSA) is 38.3 Å². The molecule has 0 radical (unpaired) electrons. The van der Waals surface area contributed by atoms with Crippen LogP contribution in [0.4, 0.5) is 4.39 Å². The quantitative estimate of drug-likeness (QED) is 0.673. The largest absolute Gasteiger partial charge is 0.277 e. The van der Waals surface area contributed by atoms with Gasteiger partial charge in [0.1, 0.15) is 5.82 Å². The fraction of sp³-hybridized carbons (Fsp3) is 0.125. The van der Waals surface area contributed by atoms with E-state index in [-0.39, 0.29) is 5.56 Å². The zero-order valence-electron chi connectivity index (χ0n) is 6.50. The van der Waals surface area contributed by atoms with Gasteiger partial charge in [0.05, 0.1) is 7.11 Å². The van der Waals surface area contributed by atoms with E-state index in [1.165, 1.54) is 25.3 Å². The lowest BCUT2D eigenvalue weighted by molar-refractivity contribution is 0.0537. The normalized spacial score (nSPS) is 9.50. The Kier molecular flexibility index (Phi) is 2.76.